The Bertz CT molecular complexity index is 649. The minimum Gasteiger partial charge on any atom is -0.476 e. The lowest BCUT2D eigenvalue weighted by Crippen LogP contribution is -2.08. The van der Waals surface area contributed by atoms with E-state index >= 15 is 0 Å². The Kier molecular flexibility index (Phi) is 3.71. The summed E-state index contributed by atoms with van der Waals surface area (Å²) in [6.07, 6.45) is 0. The van der Waals surface area contributed by atoms with E-state index in [9.17, 15) is 14.9 Å². The molecule has 0 aliphatic carbocycles. The van der Waals surface area contributed by atoms with E-state index in [-0.39, 0.29) is 23.7 Å². The molecule has 1 aromatic carbocycles. The zero-order chi connectivity index (χ0) is 14.7. The normalized spacial score (nSPS) is 10.4. The number of methoxy groups -OCH3 is 1. The first-order chi connectivity index (χ1) is 9.54. The third-order valence-electron chi connectivity index (χ3n) is 2.55. The van der Waals surface area contributed by atoms with Crippen LogP contribution in [0.4, 0.5) is 5.69 Å². The van der Waals surface area contributed by atoms with Gasteiger partial charge in [-0.15, -0.1) is 5.10 Å². The maximum atomic E-state index is 11.0. The number of nitrogens with zero attached hydrogens (tertiary/aromatic N) is 4. The first-order valence-electron chi connectivity index (χ1n) is 5.46. The molecule has 0 unspecified atom stereocenters. The molecule has 2 rings (SSSR count). The Morgan fingerprint density at radius 3 is 2.60 bits per heavy atom. The zero-order valence-electron chi connectivity index (χ0n) is 10.4. The number of rotatable bonds is 5. The first-order valence-corrected chi connectivity index (χ1v) is 5.46. The van der Waals surface area contributed by atoms with E-state index in [1.54, 1.807) is 0 Å². The topological polar surface area (TPSA) is 120 Å². The summed E-state index contributed by atoms with van der Waals surface area (Å²) in [5.74, 6) is -1.22. The number of aromatic nitrogens is 3. The maximum Gasteiger partial charge on any atom is 0.358 e. The highest BCUT2D eigenvalue weighted by molar-refractivity contribution is 5.86. The van der Waals surface area contributed by atoms with Gasteiger partial charge in [-0.05, 0) is 12.1 Å². The monoisotopic (exact) mass is 278 g/mol. The summed E-state index contributed by atoms with van der Waals surface area (Å²) in [4.78, 5) is 21.1. The molecule has 0 saturated heterocycles. The van der Waals surface area contributed by atoms with Crippen molar-refractivity contribution in [2.45, 2.75) is 6.61 Å². The summed E-state index contributed by atoms with van der Waals surface area (Å²) >= 11 is 0. The van der Waals surface area contributed by atoms with Gasteiger partial charge >= 0.3 is 5.97 Å². The number of hydrogen-bond donors (Lipinski definition) is 1. The van der Waals surface area contributed by atoms with Crippen molar-refractivity contribution in [2.75, 3.05) is 7.11 Å². The number of non-ortho nitro benzene ring substituents is 1. The molecule has 0 radical (unpaired) electrons. The van der Waals surface area contributed by atoms with Crippen molar-refractivity contribution in [3.05, 3.63) is 45.8 Å². The summed E-state index contributed by atoms with van der Waals surface area (Å²) in [5, 5.41) is 26.9. The minimum atomic E-state index is -1.22. The van der Waals surface area contributed by atoms with Crippen molar-refractivity contribution < 1.29 is 19.6 Å². The van der Waals surface area contributed by atoms with Crippen molar-refractivity contribution in [1.82, 2.24) is 15.0 Å². The summed E-state index contributed by atoms with van der Waals surface area (Å²) in [6, 6.07) is 5.51. The lowest BCUT2D eigenvalue weighted by Gasteiger charge is -2.05. The Morgan fingerprint density at radius 2 is 2.10 bits per heavy atom. The Balaban J connectivity index is 2.46. The van der Waals surface area contributed by atoms with Crippen molar-refractivity contribution in [3.63, 3.8) is 0 Å². The highest BCUT2D eigenvalue weighted by Crippen LogP contribution is 2.18. The highest BCUT2D eigenvalue weighted by atomic mass is 16.6. The van der Waals surface area contributed by atoms with Gasteiger partial charge in [0, 0.05) is 19.2 Å². The predicted octanol–water partition coefficient (Wildman–Crippen LogP) is 1.02. The molecule has 1 N–H and O–H groups in total. The fourth-order valence-corrected chi connectivity index (χ4v) is 1.66. The highest BCUT2D eigenvalue weighted by Gasteiger charge is 2.20. The van der Waals surface area contributed by atoms with Crippen LogP contribution in [0.25, 0.3) is 5.69 Å². The molecule has 0 fully saturated rings. The number of aromatic carboxylic acids is 1. The van der Waals surface area contributed by atoms with Gasteiger partial charge in [0.25, 0.3) is 5.69 Å². The smallest absolute Gasteiger partial charge is 0.358 e. The number of nitro benzene ring substituents is 1. The molecule has 2 aromatic rings. The molecule has 0 aliphatic rings. The standard InChI is InChI=1S/C11H10N4O5/c1-20-6-9-10(11(16)17)12-13-14(9)7-2-4-8(5-3-7)15(18)19/h2-5H,6H2,1H3,(H,16,17). The van der Waals surface area contributed by atoms with Crippen LogP contribution in [0.5, 0.6) is 0 Å². The van der Waals surface area contributed by atoms with Gasteiger partial charge in [0.2, 0.25) is 0 Å². The first kappa shape index (κ1) is 13.6. The quantitative estimate of drug-likeness (QED) is 0.640. The molecule has 104 valence electrons. The molecule has 0 saturated carbocycles. The number of nitro groups is 1. The molecule has 9 heteroatoms. The fourth-order valence-electron chi connectivity index (χ4n) is 1.66. The van der Waals surface area contributed by atoms with E-state index in [4.69, 9.17) is 9.84 Å². The minimum absolute atomic E-state index is 0.00558. The predicted molar refractivity (Wildman–Crippen MR) is 65.7 cm³/mol. The lowest BCUT2D eigenvalue weighted by atomic mass is 10.2. The van der Waals surface area contributed by atoms with Gasteiger partial charge in [-0.1, -0.05) is 5.21 Å². The average molecular weight is 278 g/mol. The maximum absolute atomic E-state index is 11.0. The number of carbonyl (C=O) groups is 1. The molecule has 20 heavy (non-hydrogen) atoms. The van der Waals surface area contributed by atoms with E-state index in [0.29, 0.717) is 5.69 Å². The summed E-state index contributed by atoms with van der Waals surface area (Å²) in [7, 11) is 1.42. The Labute approximate surface area is 112 Å². The van der Waals surface area contributed by atoms with Crippen LogP contribution in [0.3, 0.4) is 0 Å². The summed E-state index contributed by atoms with van der Waals surface area (Å²) in [6.45, 7) is 0.00558. The van der Waals surface area contributed by atoms with E-state index in [2.05, 4.69) is 10.3 Å². The number of ether oxygens (including phenoxy) is 1. The van der Waals surface area contributed by atoms with Crippen LogP contribution in [-0.2, 0) is 11.3 Å². The molecule has 0 spiro atoms. The summed E-state index contributed by atoms with van der Waals surface area (Å²) < 4.78 is 6.20. The Morgan fingerprint density at radius 1 is 1.45 bits per heavy atom. The van der Waals surface area contributed by atoms with Crippen molar-refractivity contribution in [2.24, 2.45) is 0 Å². The van der Waals surface area contributed by atoms with Crippen molar-refractivity contribution >= 4 is 11.7 Å². The molecule has 9 nitrogen and oxygen atoms in total. The van der Waals surface area contributed by atoms with E-state index < -0.39 is 10.9 Å². The number of carboxylic acid groups (broad SMARTS) is 1. The molecule has 0 amide bonds. The number of benzene rings is 1. The van der Waals surface area contributed by atoms with Crippen LogP contribution in [0.1, 0.15) is 16.2 Å². The fraction of sp³-hybridized carbons (Fsp3) is 0.182. The molecular formula is C11H10N4O5. The van der Waals surface area contributed by atoms with E-state index in [0.717, 1.165) is 0 Å². The second-order valence-corrected chi connectivity index (χ2v) is 3.81. The van der Waals surface area contributed by atoms with Crippen LogP contribution >= 0.6 is 0 Å². The van der Waals surface area contributed by atoms with E-state index in [1.807, 2.05) is 0 Å². The number of carboxylic acids is 1. The van der Waals surface area contributed by atoms with Gasteiger partial charge in [-0.25, -0.2) is 9.48 Å². The Hall–Kier alpha value is -2.81. The summed E-state index contributed by atoms with van der Waals surface area (Å²) in [5.41, 5.74) is 0.433. The van der Waals surface area contributed by atoms with Gasteiger partial charge in [0.15, 0.2) is 5.69 Å². The molecule has 1 aromatic heterocycles. The van der Waals surface area contributed by atoms with Crippen LogP contribution in [0.2, 0.25) is 0 Å². The lowest BCUT2D eigenvalue weighted by molar-refractivity contribution is -0.384. The molecule has 0 aliphatic heterocycles. The average Bonchev–Trinajstić information content (AvgIpc) is 2.83. The SMILES string of the molecule is COCc1c(C(=O)O)nnn1-c1ccc([N+](=O)[O-])cc1. The van der Waals surface area contributed by atoms with Crippen LogP contribution in [-0.4, -0.2) is 38.1 Å². The molecule has 0 bridgehead atoms. The third-order valence-corrected chi connectivity index (χ3v) is 2.55. The van der Waals surface area contributed by atoms with Crippen LogP contribution in [0.15, 0.2) is 24.3 Å². The molecule has 0 atom stereocenters. The second kappa shape index (κ2) is 5.45. The van der Waals surface area contributed by atoms with E-state index in [1.165, 1.54) is 36.1 Å². The molecular weight excluding hydrogens is 268 g/mol. The van der Waals surface area contributed by atoms with Crippen molar-refractivity contribution in [3.8, 4) is 5.69 Å². The van der Waals surface area contributed by atoms with Gasteiger partial charge in [0.1, 0.15) is 5.69 Å². The van der Waals surface area contributed by atoms with Gasteiger partial charge in [-0.2, -0.15) is 0 Å². The van der Waals surface area contributed by atoms with Gasteiger partial charge in [0.05, 0.1) is 17.2 Å². The van der Waals surface area contributed by atoms with Gasteiger partial charge in [-0.3, -0.25) is 10.1 Å². The van der Waals surface area contributed by atoms with Crippen LogP contribution < -0.4 is 0 Å². The molecule has 1 heterocycles. The van der Waals surface area contributed by atoms with Crippen LogP contribution in [0, 0.1) is 10.1 Å². The third kappa shape index (κ3) is 2.47. The zero-order valence-corrected chi connectivity index (χ0v) is 10.4. The van der Waals surface area contributed by atoms with Crippen molar-refractivity contribution in [1.29, 1.82) is 0 Å². The van der Waals surface area contributed by atoms with Gasteiger partial charge < -0.3 is 9.84 Å². The second-order valence-electron chi connectivity index (χ2n) is 3.81. The largest absolute Gasteiger partial charge is 0.476 e. The number of hydrogen-bond acceptors (Lipinski definition) is 6.